The minimum absolute atomic E-state index is 0.00809. The molecule has 1 aliphatic heterocycles. The van der Waals surface area contributed by atoms with Crippen molar-refractivity contribution >= 4 is 11.9 Å². The minimum atomic E-state index is -0.375. The fourth-order valence-corrected chi connectivity index (χ4v) is 2.55. The van der Waals surface area contributed by atoms with Crippen molar-refractivity contribution in [3.05, 3.63) is 35.7 Å². The van der Waals surface area contributed by atoms with Gasteiger partial charge in [0.05, 0.1) is 5.69 Å². The van der Waals surface area contributed by atoms with Crippen molar-refractivity contribution in [2.75, 3.05) is 18.5 Å². The van der Waals surface area contributed by atoms with Crippen molar-refractivity contribution in [3.63, 3.8) is 0 Å². The molecule has 3 aromatic rings. The molecule has 0 unspecified atom stereocenters. The molecule has 1 aliphatic rings. The van der Waals surface area contributed by atoms with Gasteiger partial charge < -0.3 is 13.9 Å². The number of anilines is 1. The first-order valence-electron chi connectivity index (χ1n) is 7.65. The Hall–Kier alpha value is -3.36. The van der Waals surface area contributed by atoms with Gasteiger partial charge >= 0.3 is 6.01 Å². The Bertz CT molecular complexity index is 946. The standard InChI is InChI=1S/C16H15N5O4/c1-9-7-11(21(2)20-9)14(22)17-16-19-18-15(25-16)10-3-4-12-13(8-10)24-6-5-23-12/h3-4,7-8H,5-6H2,1-2H3,(H,17,19,22). The molecule has 25 heavy (non-hydrogen) atoms. The minimum Gasteiger partial charge on any atom is -0.486 e. The zero-order chi connectivity index (χ0) is 17.4. The maximum absolute atomic E-state index is 12.2. The van der Waals surface area contributed by atoms with Crippen molar-refractivity contribution in [2.45, 2.75) is 6.92 Å². The molecule has 0 saturated carbocycles. The smallest absolute Gasteiger partial charge is 0.322 e. The Morgan fingerprint density at radius 1 is 1.16 bits per heavy atom. The first-order chi connectivity index (χ1) is 12.1. The van der Waals surface area contributed by atoms with Crippen LogP contribution < -0.4 is 14.8 Å². The quantitative estimate of drug-likeness (QED) is 0.774. The van der Waals surface area contributed by atoms with Gasteiger partial charge in [0, 0.05) is 12.6 Å². The van der Waals surface area contributed by atoms with Gasteiger partial charge in [-0.1, -0.05) is 5.10 Å². The van der Waals surface area contributed by atoms with Gasteiger partial charge in [0.1, 0.15) is 18.9 Å². The Morgan fingerprint density at radius 3 is 2.72 bits per heavy atom. The van der Waals surface area contributed by atoms with Crippen molar-refractivity contribution in [3.8, 4) is 23.0 Å². The fraction of sp³-hybridized carbons (Fsp3) is 0.250. The number of aromatic nitrogens is 4. The zero-order valence-corrected chi connectivity index (χ0v) is 13.6. The van der Waals surface area contributed by atoms with Gasteiger partial charge in [-0.25, -0.2) is 0 Å². The molecular formula is C16H15N5O4. The topological polar surface area (TPSA) is 104 Å². The van der Waals surface area contributed by atoms with E-state index in [1.807, 2.05) is 6.92 Å². The summed E-state index contributed by atoms with van der Waals surface area (Å²) in [6, 6.07) is 7.02. The number of fused-ring (bicyclic) bond motifs is 1. The van der Waals surface area contributed by atoms with E-state index in [2.05, 4.69) is 20.6 Å². The second-order valence-corrected chi connectivity index (χ2v) is 5.52. The van der Waals surface area contributed by atoms with E-state index in [0.29, 0.717) is 36.0 Å². The Kier molecular flexibility index (Phi) is 3.60. The monoisotopic (exact) mass is 341 g/mol. The number of hydrogen-bond acceptors (Lipinski definition) is 7. The van der Waals surface area contributed by atoms with Crippen LogP contribution in [0.5, 0.6) is 11.5 Å². The second kappa shape index (κ2) is 5.93. The maximum Gasteiger partial charge on any atom is 0.322 e. The molecule has 128 valence electrons. The second-order valence-electron chi connectivity index (χ2n) is 5.52. The van der Waals surface area contributed by atoms with Crippen molar-refractivity contribution in [1.29, 1.82) is 0 Å². The van der Waals surface area contributed by atoms with Crippen molar-refractivity contribution in [2.24, 2.45) is 7.05 Å². The molecule has 2 aromatic heterocycles. The van der Waals surface area contributed by atoms with Gasteiger partial charge in [-0.05, 0) is 31.2 Å². The highest BCUT2D eigenvalue weighted by atomic mass is 16.6. The summed E-state index contributed by atoms with van der Waals surface area (Å²) in [5.41, 5.74) is 1.82. The van der Waals surface area contributed by atoms with Gasteiger partial charge in [0.15, 0.2) is 11.5 Å². The highest BCUT2D eigenvalue weighted by Gasteiger charge is 2.18. The van der Waals surface area contributed by atoms with Crippen molar-refractivity contribution in [1.82, 2.24) is 20.0 Å². The summed E-state index contributed by atoms with van der Waals surface area (Å²) in [5.74, 6) is 1.20. The number of nitrogens with zero attached hydrogens (tertiary/aromatic N) is 4. The molecule has 0 spiro atoms. The van der Waals surface area contributed by atoms with Crippen LogP contribution in [-0.2, 0) is 7.05 Å². The lowest BCUT2D eigenvalue weighted by Crippen LogP contribution is -2.16. The number of aryl methyl sites for hydroxylation is 2. The van der Waals surface area contributed by atoms with E-state index in [9.17, 15) is 4.79 Å². The number of benzene rings is 1. The lowest BCUT2D eigenvalue weighted by atomic mass is 10.2. The SMILES string of the molecule is Cc1cc(C(=O)Nc2nnc(-c3ccc4c(c3)OCCO4)o2)n(C)n1. The molecule has 3 heterocycles. The van der Waals surface area contributed by atoms with E-state index in [1.54, 1.807) is 31.3 Å². The van der Waals surface area contributed by atoms with E-state index >= 15 is 0 Å². The Labute approximate surface area is 142 Å². The van der Waals surface area contributed by atoms with E-state index < -0.39 is 0 Å². The van der Waals surface area contributed by atoms with Gasteiger partial charge in [-0.15, -0.1) is 5.10 Å². The van der Waals surface area contributed by atoms with E-state index in [1.165, 1.54) is 4.68 Å². The van der Waals surface area contributed by atoms with E-state index in [4.69, 9.17) is 13.9 Å². The van der Waals surface area contributed by atoms with Crippen LogP contribution in [0.25, 0.3) is 11.5 Å². The molecule has 0 saturated heterocycles. The average molecular weight is 341 g/mol. The number of rotatable bonds is 3. The lowest BCUT2D eigenvalue weighted by Gasteiger charge is -2.18. The number of amides is 1. The third-order valence-electron chi connectivity index (χ3n) is 3.67. The van der Waals surface area contributed by atoms with Gasteiger partial charge in [0.2, 0.25) is 5.89 Å². The molecule has 1 amide bonds. The fourth-order valence-electron chi connectivity index (χ4n) is 2.55. The summed E-state index contributed by atoms with van der Waals surface area (Å²) in [7, 11) is 1.69. The summed E-state index contributed by atoms with van der Waals surface area (Å²) >= 11 is 0. The van der Waals surface area contributed by atoms with Crippen LogP contribution in [0.15, 0.2) is 28.7 Å². The molecule has 0 atom stereocenters. The predicted octanol–water partition coefficient (Wildman–Crippen LogP) is 1.80. The third-order valence-corrected chi connectivity index (χ3v) is 3.67. The number of hydrogen-bond donors (Lipinski definition) is 1. The first-order valence-corrected chi connectivity index (χ1v) is 7.65. The molecule has 9 nitrogen and oxygen atoms in total. The Balaban J connectivity index is 1.54. The Morgan fingerprint density at radius 2 is 1.96 bits per heavy atom. The molecule has 0 aliphatic carbocycles. The summed E-state index contributed by atoms with van der Waals surface area (Å²) in [6.07, 6.45) is 0. The molecular weight excluding hydrogens is 326 g/mol. The highest BCUT2D eigenvalue weighted by Crippen LogP contribution is 2.34. The van der Waals surface area contributed by atoms with Gasteiger partial charge in [0.25, 0.3) is 5.91 Å². The molecule has 4 rings (SSSR count). The third kappa shape index (κ3) is 2.91. The van der Waals surface area contributed by atoms with Gasteiger partial charge in [-0.3, -0.25) is 14.8 Å². The first kappa shape index (κ1) is 15.2. The van der Waals surface area contributed by atoms with Gasteiger partial charge in [-0.2, -0.15) is 5.10 Å². The zero-order valence-electron chi connectivity index (χ0n) is 13.6. The van der Waals surface area contributed by atoms with E-state index in [0.717, 1.165) is 5.69 Å². The average Bonchev–Trinajstić information content (AvgIpc) is 3.20. The maximum atomic E-state index is 12.2. The van der Waals surface area contributed by atoms with Crippen LogP contribution in [-0.4, -0.2) is 39.1 Å². The van der Waals surface area contributed by atoms with Crippen LogP contribution >= 0.6 is 0 Å². The van der Waals surface area contributed by atoms with E-state index in [-0.39, 0.29) is 17.8 Å². The summed E-state index contributed by atoms with van der Waals surface area (Å²) in [4.78, 5) is 12.2. The van der Waals surface area contributed by atoms with Crippen LogP contribution in [0.4, 0.5) is 6.01 Å². The van der Waals surface area contributed by atoms with Crippen LogP contribution in [0.2, 0.25) is 0 Å². The number of ether oxygens (including phenoxy) is 2. The van der Waals surface area contributed by atoms with Crippen LogP contribution in [0.3, 0.4) is 0 Å². The summed E-state index contributed by atoms with van der Waals surface area (Å²) in [5, 5.41) is 14.5. The largest absolute Gasteiger partial charge is 0.486 e. The molecule has 1 aromatic carbocycles. The molecule has 0 radical (unpaired) electrons. The van der Waals surface area contributed by atoms with Crippen molar-refractivity contribution < 1.29 is 18.7 Å². The highest BCUT2D eigenvalue weighted by molar-refractivity contribution is 6.01. The molecule has 1 N–H and O–H groups in total. The normalized spacial score (nSPS) is 12.9. The number of carbonyl (C=O) groups excluding carboxylic acids is 1. The molecule has 0 bridgehead atoms. The number of carbonyl (C=O) groups is 1. The van der Waals surface area contributed by atoms with Crippen LogP contribution in [0.1, 0.15) is 16.2 Å². The predicted molar refractivity (Wildman–Crippen MR) is 86.6 cm³/mol. The number of nitrogens with one attached hydrogen (secondary N) is 1. The van der Waals surface area contributed by atoms with Crippen LogP contribution in [0, 0.1) is 6.92 Å². The molecule has 9 heteroatoms. The molecule has 0 fully saturated rings. The lowest BCUT2D eigenvalue weighted by molar-refractivity contribution is 0.101. The summed E-state index contributed by atoms with van der Waals surface area (Å²) < 4.78 is 18.0. The summed E-state index contributed by atoms with van der Waals surface area (Å²) in [6.45, 7) is 2.83.